The van der Waals surface area contributed by atoms with Gasteiger partial charge in [0.1, 0.15) is 10.3 Å². The minimum Gasteiger partial charge on any atom is -0.337 e. The topological polar surface area (TPSA) is 61.9 Å². The smallest absolute Gasteiger partial charge is 0.257 e. The van der Waals surface area contributed by atoms with Gasteiger partial charge in [-0.25, -0.2) is 4.98 Å². The minimum atomic E-state index is -0.217. The van der Waals surface area contributed by atoms with Crippen LogP contribution in [0.25, 0.3) is 0 Å². The van der Waals surface area contributed by atoms with Crippen molar-refractivity contribution in [2.75, 3.05) is 7.05 Å². The normalized spacial score (nSPS) is 10.4. The first kappa shape index (κ1) is 12.9. The maximum absolute atomic E-state index is 12.1. The zero-order valence-electron chi connectivity index (χ0n) is 9.52. The van der Waals surface area contributed by atoms with Crippen LogP contribution in [0.3, 0.4) is 0 Å². The van der Waals surface area contributed by atoms with Crippen molar-refractivity contribution in [1.29, 1.82) is 0 Å². The van der Waals surface area contributed by atoms with Crippen molar-refractivity contribution >= 4 is 29.1 Å². The third kappa shape index (κ3) is 2.80. The largest absolute Gasteiger partial charge is 0.337 e. The molecule has 1 amide bonds. The van der Waals surface area contributed by atoms with Gasteiger partial charge in [-0.3, -0.25) is 9.89 Å². The fourth-order valence-corrected chi connectivity index (χ4v) is 1.91. The summed E-state index contributed by atoms with van der Waals surface area (Å²) < 4.78 is 0. The molecule has 94 valence electrons. The number of halogens is 2. The zero-order valence-corrected chi connectivity index (χ0v) is 11.0. The Morgan fingerprint density at radius 1 is 1.44 bits per heavy atom. The molecular weight excluding hydrogens is 275 g/mol. The van der Waals surface area contributed by atoms with E-state index < -0.39 is 0 Å². The van der Waals surface area contributed by atoms with Crippen LogP contribution in [0.1, 0.15) is 15.9 Å². The van der Waals surface area contributed by atoms with Crippen LogP contribution in [0.4, 0.5) is 0 Å². The Balaban J connectivity index is 2.15. The molecule has 2 aromatic rings. The van der Waals surface area contributed by atoms with Crippen LogP contribution >= 0.6 is 23.2 Å². The lowest BCUT2D eigenvalue weighted by molar-refractivity contribution is 0.0785. The highest BCUT2D eigenvalue weighted by molar-refractivity contribution is 6.34. The van der Waals surface area contributed by atoms with Crippen molar-refractivity contribution < 1.29 is 4.79 Å². The summed E-state index contributed by atoms with van der Waals surface area (Å²) in [5.74, 6) is -0.217. The Morgan fingerprint density at radius 2 is 2.22 bits per heavy atom. The summed E-state index contributed by atoms with van der Waals surface area (Å²) in [6.45, 7) is 0.439. The van der Waals surface area contributed by atoms with Crippen molar-refractivity contribution in [3.05, 3.63) is 46.0 Å². The molecule has 0 fully saturated rings. The molecule has 0 aliphatic rings. The summed E-state index contributed by atoms with van der Waals surface area (Å²) in [4.78, 5) is 17.5. The number of carbonyl (C=O) groups is 1. The van der Waals surface area contributed by atoms with Crippen LogP contribution in [-0.2, 0) is 6.54 Å². The molecule has 0 saturated carbocycles. The van der Waals surface area contributed by atoms with Gasteiger partial charge in [0.05, 0.1) is 11.8 Å². The molecule has 0 bridgehead atoms. The molecule has 0 aliphatic carbocycles. The van der Waals surface area contributed by atoms with Gasteiger partial charge in [0, 0.05) is 25.4 Å². The zero-order chi connectivity index (χ0) is 13.1. The number of rotatable bonds is 3. The van der Waals surface area contributed by atoms with Gasteiger partial charge < -0.3 is 4.90 Å². The number of hydrogen-bond acceptors (Lipinski definition) is 3. The molecule has 18 heavy (non-hydrogen) atoms. The van der Waals surface area contributed by atoms with E-state index in [0.717, 1.165) is 5.56 Å². The Morgan fingerprint density at radius 3 is 2.83 bits per heavy atom. The summed E-state index contributed by atoms with van der Waals surface area (Å²) in [5, 5.41) is 6.87. The van der Waals surface area contributed by atoms with E-state index in [4.69, 9.17) is 23.2 Å². The van der Waals surface area contributed by atoms with E-state index in [0.29, 0.717) is 12.1 Å². The van der Waals surface area contributed by atoms with E-state index in [1.54, 1.807) is 25.5 Å². The van der Waals surface area contributed by atoms with Crippen LogP contribution in [0.5, 0.6) is 0 Å². The van der Waals surface area contributed by atoms with Crippen molar-refractivity contribution in [3.63, 3.8) is 0 Å². The van der Waals surface area contributed by atoms with Crippen molar-refractivity contribution in [1.82, 2.24) is 20.1 Å². The molecule has 5 nitrogen and oxygen atoms in total. The number of carbonyl (C=O) groups excluding carboxylic acids is 1. The number of H-pyrrole nitrogens is 1. The second-order valence-electron chi connectivity index (χ2n) is 3.74. The molecule has 0 spiro atoms. The Kier molecular flexibility index (Phi) is 3.84. The molecule has 7 heteroatoms. The molecule has 0 aromatic carbocycles. The standard InChI is InChI=1S/C11H10Cl2N4O/c1-17(6-7-4-14-15-5-7)11(18)8-2-3-9(12)16-10(8)13/h2-5H,6H2,1H3,(H,14,15). The highest BCUT2D eigenvalue weighted by Crippen LogP contribution is 2.18. The maximum atomic E-state index is 12.1. The summed E-state index contributed by atoms with van der Waals surface area (Å²) in [7, 11) is 1.68. The van der Waals surface area contributed by atoms with Crippen LogP contribution in [0.2, 0.25) is 10.3 Å². The molecule has 0 atom stereocenters. The number of aromatic nitrogens is 3. The molecule has 1 N–H and O–H groups in total. The molecule has 0 saturated heterocycles. The summed E-state index contributed by atoms with van der Waals surface area (Å²) in [6.07, 6.45) is 3.39. The first-order chi connectivity index (χ1) is 8.58. The van der Waals surface area contributed by atoms with Gasteiger partial charge in [0.25, 0.3) is 5.91 Å². The average Bonchev–Trinajstić information content (AvgIpc) is 2.81. The number of hydrogen-bond donors (Lipinski definition) is 1. The van der Waals surface area contributed by atoms with E-state index >= 15 is 0 Å². The lowest BCUT2D eigenvalue weighted by atomic mass is 10.2. The Labute approximate surface area is 114 Å². The summed E-state index contributed by atoms with van der Waals surface area (Å²) in [5.41, 5.74) is 1.23. The lowest BCUT2D eigenvalue weighted by Gasteiger charge is -2.16. The van der Waals surface area contributed by atoms with E-state index in [-0.39, 0.29) is 16.2 Å². The fourth-order valence-electron chi connectivity index (χ4n) is 1.49. The predicted molar refractivity (Wildman–Crippen MR) is 68.6 cm³/mol. The molecule has 2 rings (SSSR count). The van der Waals surface area contributed by atoms with Gasteiger partial charge in [-0.15, -0.1) is 0 Å². The number of amides is 1. The summed E-state index contributed by atoms with van der Waals surface area (Å²) >= 11 is 11.6. The number of nitrogens with zero attached hydrogens (tertiary/aromatic N) is 3. The van der Waals surface area contributed by atoms with Crippen molar-refractivity contribution in [2.24, 2.45) is 0 Å². The first-order valence-electron chi connectivity index (χ1n) is 5.13. The summed E-state index contributed by atoms with van der Waals surface area (Å²) in [6, 6.07) is 3.10. The van der Waals surface area contributed by atoms with E-state index in [2.05, 4.69) is 15.2 Å². The molecular formula is C11H10Cl2N4O. The Bertz CT molecular complexity index is 556. The average molecular weight is 285 g/mol. The number of nitrogens with one attached hydrogen (secondary N) is 1. The van der Waals surface area contributed by atoms with E-state index in [1.807, 2.05) is 0 Å². The van der Waals surface area contributed by atoms with Crippen LogP contribution in [0, 0.1) is 0 Å². The maximum Gasteiger partial charge on any atom is 0.257 e. The van der Waals surface area contributed by atoms with Crippen molar-refractivity contribution in [3.8, 4) is 0 Å². The monoisotopic (exact) mass is 284 g/mol. The van der Waals surface area contributed by atoms with Gasteiger partial charge in [-0.2, -0.15) is 5.10 Å². The molecule has 0 unspecified atom stereocenters. The second-order valence-corrected chi connectivity index (χ2v) is 4.49. The van der Waals surface area contributed by atoms with Gasteiger partial charge >= 0.3 is 0 Å². The second kappa shape index (κ2) is 5.37. The van der Waals surface area contributed by atoms with Crippen LogP contribution in [0.15, 0.2) is 24.5 Å². The predicted octanol–water partition coefficient (Wildman–Crippen LogP) is 2.38. The van der Waals surface area contributed by atoms with Crippen molar-refractivity contribution in [2.45, 2.75) is 6.54 Å². The van der Waals surface area contributed by atoms with Gasteiger partial charge in [0.2, 0.25) is 0 Å². The van der Waals surface area contributed by atoms with Gasteiger partial charge in [-0.1, -0.05) is 23.2 Å². The Hall–Kier alpha value is -1.59. The highest BCUT2D eigenvalue weighted by atomic mass is 35.5. The molecule has 2 aromatic heterocycles. The third-order valence-corrected chi connectivity index (χ3v) is 2.87. The van der Waals surface area contributed by atoms with E-state index in [9.17, 15) is 4.79 Å². The quantitative estimate of drug-likeness (QED) is 0.881. The fraction of sp³-hybridized carbons (Fsp3) is 0.182. The van der Waals surface area contributed by atoms with Gasteiger partial charge in [-0.05, 0) is 12.1 Å². The van der Waals surface area contributed by atoms with Crippen LogP contribution in [-0.4, -0.2) is 33.0 Å². The minimum absolute atomic E-state index is 0.103. The molecule has 2 heterocycles. The third-order valence-electron chi connectivity index (χ3n) is 2.37. The van der Waals surface area contributed by atoms with E-state index in [1.165, 1.54) is 11.0 Å². The van der Waals surface area contributed by atoms with Crippen LogP contribution < -0.4 is 0 Å². The van der Waals surface area contributed by atoms with Gasteiger partial charge in [0.15, 0.2) is 0 Å². The number of aromatic amines is 1. The lowest BCUT2D eigenvalue weighted by Crippen LogP contribution is -2.26. The molecule has 0 radical (unpaired) electrons. The molecule has 0 aliphatic heterocycles. The SMILES string of the molecule is CN(Cc1cn[nH]c1)C(=O)c1ccc(Cl)nc1Cl. The number of pyridine rings is 1. The first-order valence-corrected chi connectivity index (χ1v) is 5.88. The highest BCUT2D eigenvalue weighted by Gasteiger charge is 2.16.